The van der Waals surface area contributed by atoms with Gasteiger partial charge in [0.25, 0.3) is 5.56 Å². The molecule has 0 radical (unpaired) electrons. The Morgan fingerprint density at radius 3 is 2.55 bits per heavy atom. The van der Waals surface area contributed by atoms with Gasteiger partial charge < -0.3 is 15.0 Å². The van der Waals surface area contributed by atoms with E-state index in [1.165, 1.54) is 6.07 Å². The third-order valence-corrected chi connectivity index (χ3v) is 4.02. The van der Waals surface area contributed by atoms with Crippen LogP contribution in [0.25, 0.3) is 11.3 Å². The van der Waals surface area contributed by atoms with Crippen molar-refractivity contribution in [3.63, 3.8) is 0 Å². The van der Waals surface area contributed by atoms with Gasteiger partial charge in [0.1, 0.15) is 5.75 Å². The molecule has 22 heavy (non-hydrogen) atoms. The molecule has 1 aliphatic heterocycles. The fourth-order valence-electron chi connectivity index (χ4n) is 2.91. The highest BCUT2D eigenvalue weighted by molar-refractivity contribution is 5.95. The van der Waals surface area contributed by atoms with Crippen molar-refractivity contribution in [2.75, 3.05) is 11.4 Å². The van der Waals surface area contributed by atoms with Gasteiger partial charge in [0.15, 0.2) is 0 Å². The van der Waals surface area contributed by atoms with E-state index in [4.69, 9.17) is 0 Å². The van der Waals surface area contributed by atoms with Gasteiger partial charge in [-0.25, -0.2) is 0 Å². The van der Waals surface area contributed by atoms with E-state index in [-0.39, 0.29) is 17.2 Å². The van der Waals surface area contributed by atoms with Gasteiger partial charge in [-0.15, -0.1) is 0 Å². The van der Waals surface area contributed by atoms with Crippen LogP contribution in [0.1, 0.15) is 25.3 Å². The molecule has 2 heterocycles. The van der Waals surface area contributed by atoms with Crippen LogP contribution < -0.4 is 10.5 Å². The average Bonchev–Trinajstić information content (AvgIpc) is 2.93. The highest BCUT2D eigenvalue weighted by Gasteiger charge is 2.21. The van der Waals surface area contributed by atoms with Crippen LogP contribution in [0.3, 0.4) is 0 Å². The molecule has 0 aliphatic carbocycles. The smallest absolute Gasteiger partial charge is 0.252 e. The van der Waals surface area contributed by atoms with E-state index in [1.807, 2.05) is 31.2 Å². The first kappa shape index (κ1) is 14.4. The van der Waals surface area contributed by atoms with Crippen LogP contribution >= 0.6 is 0 Å². The number of carbonyl (C=O) groups is 1. The summed E-state index contributed by atoms with van der Waals surface area (Å²) >= 11 is 0. The summed E-state index contributed by atoms with van der Waals surface area (Å²) in [6.45, 7) is 2.68. The number of rotatable bonds is 3. The number of pyridine rings is 1. The molecule has 1 aromatic carbocycles. The molecule has 5 nitrogen and oxygen atoms in total. The summed E-state index contributed by atoms with van der Waals surface area (Å²) in [6, 6.07) is 8.68. The van der Waals surface area contributed by atoms with Crippen LogP contribution in [0.15, 0.2) is 35.1 Å². The summed E-state index contributed by atoms with van der Waals surface area (Å²) in [5, 5.41) is 9.92. The summed E-state index contributed by atoms with van der Waals surface area (Å²) < 4.78 is 0. The van der Waals surface area contributed by atoms with E-state index in [9.17, 15) is 14.7 Å². The Morgan fingerprint density at radius 1 is 1.23 bits per heavy atom. The number of nitrogens with zero attached hydrogens (tertiary/aromatic N) is 1. The molecular formula is C17H18N2O3. The number of carbonyl (C=O) groups excluding carboxylic acids is 1. The lowest BCUT2D eigenvalue weighted by Gasteiger charge is -2.16. The molecule has 0 saturated carbocycles. The number of aromatic amines is 1. The molecule has 114 valence electrons. The third-order valence-electron chi connectivity index (χ3n) is 4.02. The highest BCUT2D eigenvalue weighted by atomic mass is 16.3. The zero-order valence-corrected chi connectivity index (χ0v) is 12.4. The van der Waals surface area contributed by atoms with Gasteiger partial charge in [0, 0.05) is 30.3 Å². The van der Waals surface area contributed by atoms with E-state index >= 15 is 0 Å². The normalized spacial score (nSPS) is 14.6. The molecule has 2 N–H and O–H groups in total. The minimum atomic E-state index is -0.330. The number of nitrogens with one attached hydrogen (secondary N) is 1. The van der Waals surface area contributed by atoms with E-state index in [0.29, 0.717) is 24.1 Å². The molecule has 0 unspecified atom stereocenters. The molecule has 5 heteroatoms. The van der Waals surface area contributed by atoms with Crippen LogP contribution in [0.2, 0.25) is 0 Å². The number of hydrogen-bond acceptors (Lipinski definition) is 3. The Hall–Kier alpha value is -2.56. The molecule has 0 spiro atoms. The first-order valence-corrected chi connectivity index (χ1v) is 7.46. The molecule has 1 fully saturated rings. The second kappa shape index (κ2) is 5.67. The van der Waals surface area contributed by atoms with Crippen molar-refractivity contribution in [3.8, 4) is 17.0 Å². The summed E-state index contributed by atoms with van der Waals surface area (Å²) in [5.74, 6) is 0.160. The fraction of sp³-hybridized carbons (Fsp3) is 0.294. The Bertz CT molecular complexity index is 762. The largest absolute Gasteiger partial charge is 0.507 e. The monoisotopic (exact) mass is 298 g/mol. The predicted molar refractivity (Wildman–Crippen MR) is 85.1 cm³/mol. The zero-order chi connectivity index (χ0) is 15.7. The number of aromatic hydroxyl groups is 1. The van der Waals surface area contributed by atoms with Crippen molar-refractivity contribution in [3.05, 3.63) is 46.2 Å². The van der Waals surface area contributed by atoms with Gasteiger partial charge in [-0.05, 0) is 30.5 Å². The van der Waals surface area contributed by atoms with E-state index in [1.54, 1.807) is 4.90 Å². The summed E-state index contributed by atoms with van der Waals surface area (Å²) in [6.07, 6.45) is 2.10. The maximum Gasteiger partial charge on any atom is 0.252 e. The number of anilines is 1. The van der Waals surface area contributed by atoms with Crippen molar-refractivity contribution in [2.45, 2.75) is 26.2 Å². The van der Waals surface area contributed by atoms with Gasteiger partial charge in [-0.2, -0.15) is 0 Å². The van der Waals surface area contributed by atoms with Crippen molar-refractivity contribution in [2.24, 2.45) is 0 Å². The second-order valence-corrected chi connectivity index (χ2v) is 5.42. The lowest BCUT2D eigenvalue weighted by molar-refractivity contribution is -0.117. The van der Waals surface area contributed by atoms with Crippen molar-refractivity contribution >= 4 is 11.6 Å². The molecular weight excluding hydrogens is 280 g/mol. The maximum absolute atomic E-state index is 11.8. The first-order chi connectivity index (χ1) is 10.6. The van der Waals surface area contributed by atoms with Gasteiger partial charge in [-0.3, -0.25) is 9.59 Å². The Kier molecular flexibility index (Phi) is 3.71. The van der Waals surface area contributed by atoms with Gasteiger partial charge >= 0.3 is 0 Å². The standard InChI is InChI=1S/C17H18N2O3/c1-2-13-14(20)10-15(21)18-17(13)11-5-7-12(8-6-11)19-9-3-4-16(19)22/h5-8,10H,2-4,9H2,1H3,(H2,18,20,21). The van der Waals surface area contributed by atoms with Crippen molar-refractivity contribution in [1.29, 1.82) is 0 Å². The van der Waals surface area contributed by atoms with Crippen molar-refractivity contribution < 1.29 is 9.90 Å². The third kappa shape index (κ3) is 2.50. The zero-order valence-electron chi connectivity index (χ0n) is 12.4. The quantitative estimate of drug-likeness (QED) is 0.914. The molecule has 1 saturated heterocycles. The number of benzene rings is 1. The summed E-state index contributed by atoms with van der Waals surface area (Å²) in [4.78, 5) is 27.9. The van der Waals surface area contributed by atoms with E-state index in [2.05, 4.69) is 4.98 Å². The minimum Gasteiger partial charge on any atom is -0.507 e. The van der Waals surface area contributed by atoms with Crippen LogP contribution in [0, 0.1) is 0 Å². The van der Waals surface area contributed by atoms with Gasteiger partial charge in [0.2, 0.25) is 5.91 Å². The minimum absolute atomic E-state index is 0.0139. The fourth-order valence-corrected chi connectivity index (χ4v) is 2.91. The van der Waals surface area contributed by atoms with E-state index < -0.39 is 0 Å². The maximum atomic E-state index is 11.8. The molecule has 1 amide bonds. The Morgan fingerprint density at radius 2 is 1.95 bits per heavy atom. The SMILES string of the molecule is CCc1c(O)cc(=O)[nH]c1-c1ccc(N2CCCC2=O)cc1. The van der Waals surface area contributed by atoms with Crippen LogP contribution in [0.5, 0.6) is 5.75 Å². The molecule has 3 rings (SSSR count). The first-order valence-electron chi connectivity index (χ1n) is 7.46. The number of hydrogen-bond donors (Lipinski definition) is 2. The van der Waals surface area contributed by atoms with E-state index in [0.717, 1.165) is 24.2 Å². The highest BCUT2D eigenvalue weighted by Crippen LogP contribution is 2.29. The number of aromatic nitrogens is 1. The van der Waals surface area contributed by atoms with Gasteiger partial charge in [0.05, 0.1) is 5.69 Å². The molecule has 0 atom stereocenters. The molecule has 1 aliphatic rings. The Balaban J connectivity index is 2.00. The Labute approximate surface area is 128 Å². The summed E-state index contributed by atoms with van der Waals surface area (Å²) in [5.41, 5.74) is 2.70. The van der Waals surface area contributed by atoms with Crippen LogP contribution in [-0.4, -0.2) is 22.5 Å². The summed E-state index contributed by atoms with van der Waals surface area (Å²) in [7, 11) is 0. The average molecular weight is 298 g/mol. The number of H-pyrrole nitrogens is 1. The van der Waals surface area contributed by atoms with Crippen molar-refractivity contribution in [1.82, 2.24) is 4.98 Å². The lowest BCUT2D eigenvalue weighted by atomic mass is 10.0. The molecule has 0 bridgehead atoms. The second-order valence-electron chi connectivity index (χ2n) is 5.42. The lowest BCUT2D eigenvalue weighted by Crippen LogP contribution is -2.23. The molecule has 1 aromatic heterocycles. The van der Waals surface area contributed by atoms with Crippen LogP contribution in [0.4, 0.5) is 5.69 Å². The van der Waals surface area contributed by atoms with Gasteiger partial charge in [-0.1, -0.05) is 19.1 Å². The molecule has 2 aromatic rings. The predicted octanol–water partition coefficient (Wildman–Crippen LogP) is 2.44. The topological polar surface area (TPSA) is 73.4 Å². The number of amides is 1. The van der Waals surface area contributed by atoms with Crippen LogP contribution in [-0.2, 0) is 11.2 Å².